The summed E-state index contributed by atoms with van der Waals surface area (Å²) in [4.78, 5) is 0. The highest BCUT2D eigenvalue weighted by Crippen LogP contribution is 2.59. The monoisotopic (exact) mass is 482 g/mol. The molecule has 0 aromatic heterocycles. The van der Waals surface area contributed by atoms with Gasteiger partial charge in [-0.2, -0.15) is 4.67 Å². The third kappa shape index (κ3) is 3.56. The van der Waals surface area contributed by atoms with Crippen LogP contribution in [0.25, 0.3) is 32.7 Å². The molecule has 0 fully saturated rings. The molecule has 0 atom stereocenters. The van der Waals surface area contributed by atoms with Crippen LogP contribution in [0.4, 0.5) is 0 Å². The Morgan fingerprint density at radius 3 is 1.56 bits per heavy atom. The highest BCUT2D eigenvalue weighted by molar-refractivity contribution is 7.94. The van der Waals surface area contributed by atoms with Gasteiger partial charge in [-0.1, -0.05) is 109 Å². The molecule has 0 spiro atoms. The molecule has 0 amide bonds. The van der Waals surface area contributed by atoms with Crippen LogP contribution in [0.15, 0.2) is 140 Å². The van der Waals surface area contributed by atoms with Crippen molar-refractivity contribution < 1.29 is 0 Å². The molecule has 0 bridgehead atoms. The fourth-order valence-electron chi connectivity index (χ4n) is 5.65. The van der Waals surface area contributed by atoms with E-state index in [2.05, 4.69) is 158 Å². The number of rotatable bonds is 5. The van der Waals surface area contributed by atoms with E-state index >= 15 is 0 Å². The zero-order valence-corrected chi connectivity index (χ0v) is 21.6. The van der Waals surface area contributed by atoms with Crippen LogP contribution in [0.1, 0.15) is 0 Å². The van der Waals surface area contributed by atoms with Crippen molar-refractivity contribution in [1.29, 1.82) is 0 Å². The highest BCUT2D eigenvalue weighted by atomic mass is 31.2. The summed E-state index contributed by atoms with van der Waals surface area (Å²) in [5.41, 5.74) is 2.62. The van der Waals surface area contributed by atoms with Gasteiger partial charge in [-0.25, -0.2) is 0 Å². The summed E-state index contributed by atoms with van der Waals surface area (Å²) in [6.45, 7) is 0. The Kier molecular flexibility index (Phi) is 5.89. The van der Waals surface area contributed by atoms with Gasteiger partial charge in [0.05, 0.1) is 0 Å². The van der Waals surface area contributed by atoms with Gasteiger partial charge in [0.1, 0.15) is 15.9 Å². The minimum atomic E-state index is -2.18. The average Bonchev–Trinajstić information content (AvgIpc) is 2.94. The molecule has 6 aromatic rings. The van der Waals surface area contributed by atoms with Crippen LogP contribution >= 0.6 is 7.41 Å². The van der Waals surface area contributed by atoms with Crippen LogP contribution in [-0.4, -0.2) is 18.8 Å². The van der Waals surface area contributed by atoms with Gasteiger partial charge in [-0.3, -0.25) is 0 Å². The van der Waals surface area contributed by atoms with Crippen molar-refractivity contribution >= 4 is 44.9 Å². The van der Waals surface area contributed by atoms with Gasteiger partial charge < -0.3 is 0 Å². The molecule has 0 saturated heterocycles. The van der Waals surface area contributed by atoms with E-state index in [9.17, 15) is 0 Å². The zero-order valence-electron chi connectivity index (χ0n) is 20.7. The summed E-state index contributed by atoms with van der Waals surface area (Å²) in [5, 5.41) is 9.22. The Morgan fingerprint density at radius 1 is 0.444 bits per heavy atom. The van der Waals surface area contributed by atoms with Crippen molar-refractivity contribution in [3.8, 4) is 11.1 Å². The quantitative estimate of drug-likeness (QED) is 0.231. The molecule has 1 nitrogen and oxygen atoms in total. The lowest BCUT2D eigenvalue weighted by Crippen LogP contribution is -2.40. The summed E-state index contributed by atoms with van der Waals surface area (Å²) in [7, 11) is 2.31. The van der Waals surface area contributed by atoms with Crippen molar-refractivity contribution in [1.82, 2.24) is 4.67 Å². The van der Waals surface area contributed by atoms with Crippen molar-refractivity contribution in [3.05, 3.63) is 140 Å². The summed E-state index contributed by atoms with van der Waals surface area (Å²) in [6, 6.07) is 51.2. The van der Waals surface area contributed by atoms with Crippen LogP contribution in [-0.2, 0) is 0 Å². The van der Waals surface area contributed by atoms with Gasteiger partial charge in [-0.15, -0.1) is 0 Å². The van der Waals surface area contributed by atoms with E-state index in [1.165, 1.54) is 48.6 Å². The fourth-order valence-corrected chi connectivity index (χ4v) is 9.92. The second kappa shape index (κ2) is 9.36. The highest BCUT2D eigenvalue weighted by Gasteiger charge is 2.50. The van der Waals surface area contributed by atoms with E-state index in [4.69, 9.17) is 0 Å². The van der Waals surface area contributed by atoms with Gasteiger partial charge in [0.2, 0.25) is 0 Å². The maximum atomic E-state index is 2.48. The summed E-state index contributed by atoms with van der Waals surface area (Å²) in [6.07, 6.45) is 0. The maximum absolute atomic E-state index is 2.48. The number of hydrogen-bond acceptors (Lipinski definition) is 1. The topological polar surface area (TPSA) is 3.24 Å². The Hall–Kier alpha value is -3.77. The average molecular weight is 483 g/mol. The largest absolute Gasteiger partial charge is 0.181 e. The lowest BCUT2D eigenvalue weighted by Gasteiger charge is -2.34. The minimum Gasteiger partial charge on any atom is -0.172 e. The van der Waals surface area contributed by atoms with Crippen LogP contribution in [0.3, 0.4) is 0 Å². The molecule has 6 aromatic carbocycles. The molecule has 6 rings (SSSR count). The van der Waals surface area contributed by atoms with Crippen molar-refractivity contribution in [3.63, 3.8) is 0 Å². The third-order valence-corrected chi connectivity index (χ3v) is 11.5. The molecular weight excluding hydrogens is 453 g/mol. The zero-order chi connectivity index (χ0) is 24.5. The van der Waals surface area contributed by atoms with Crippen molar-refractivity contribution in [2.75, 3.05) is 14.1 Å². The predicted octanol–water partition coefficient (Wildman–Crippen LogP) is 7.43. The summed E-state index contributed by atoms with van der Waals surface area (Å²) in [5.74, 6) is 0. The second-order valence-corrected chi connectivity index (χ2v) is 12.9. The van der Waals surface area contributed by atoms with Crippen molar-refractivity contribution in [2.45, 2.75) is 0 Å². The molecule has 0 saturated carbocycles. The summed E-state index contributed by atoms with van der Waals surface area (Å²) >= 11 is 0. The first-order valence-corrected chi connectivity index (χ1v) is 14.1. The van der Waals surface area contributed by atoms with Crippen LogP contribution < -0.4 is 15.9 Å². The first kappa shape index (κ1) is 22.7. The van der Waals surface area contributed by atoms with E-state index in [1.807, 2.05) is 0 Å². The molecule has 0 aliphatic carbocycles. The van der Waals surface area contributed by atoms with Gasteiger partial charge in [0.15, 0.2) is 7.41 Å². The van der Waals surface area contributed by atoms with E-state index in [0.29, 0.717) is 0 Å². The van der Waals surface area contributed by atoms with Gasteiger partial charge in [0.25, 0.3) is 0 Å². The van der Waals surface area contributed by atoms with Gasteiger partial charge in [0, 0.05) is 19.7 Å². The fraction of sp³-hybridized carbons (Fsp3) is 0.0588. The van der Waals surface area contributed by atoms with E-state index in [0.717, 1.165) is 0 Å². The number of hydrogen-bond donors (Lipinski definition) is 0. The smallest absolute Gasteiger partial charge is 0.172 e. The molecular formula is C34H29NP+. The van der Waals surface area contributed by atoms with E-state index in [1.54, 1.807) is 0 Å². The molecule has 2 heteroatoms. The number of nitrogens with zero attached hydrogens (tertiary/aromatic N) is 1. The maximum Gasteiger partial charge on any atom is 0.181 e. The third-order valence-electron chi connectivity index (χ3n) is 7.17. The Bertz CT molecular complexity index is 1610. The van der Waals surface area contributed by atoms with Crippen LogP contribution in [0.2, 0.25) is 0 Å². The Morgan fingerprint density at radius 2 is 0.944 bits per heavy atom. The van der Waals surface area contributed by atoms with E-state index in [-0.39, 0.29) is 0 Å². The molecule has 0 N–H and O–H groups in total. The van der Waals surface area contributed by atoms with Crippen LogP contribution in [0.5, 0.6) is 0 Å². The summed E-state index contributed by atoms with van der Waals surface area (Å²) < 4.78 is 2.48. The molecule has 0 aliphatic heterocycles. The molecule has 0 unspecified atom stereocenters. The normalized spacial score (nSPS) is 11.9. The van der Waals surface area contributed by atoms with Crippen LogP contribution in [0, 0.1) is 0 Å². The van der Waals surface area contributed by atoms with Crippen molar-refractivity contribution in [2.24, 2.45) is 0 Å². The molecule has 0 aliphatic rings. The van der Waals surface area contributed by atoms with Gasteiger partial charge in [-0.05, 0) is 57.4 Å². The minimum absolute atomic E-state index is 1.27. The standard InChI is InChI=1S/C34H29NP/c1-35(2)36(28-17-5-3-6-18-28,29-19-7-4-8-20-29)33-25-24-27-15-10-12-22-31(27)34(33)32-23-13-16-26-14-9-11-21-30(26)32/h3-25H,1-2H3/q+1. The number of fused-ring (bicyclic) bond motifs is 2. The first-order chi connectivity index (χ1) is 17.7. The molecule has 36 heavy (non-hydrogen) atoms. The first-order valence-electron chi connectivity index (χ1n) is 12.4. The second-order valence-electron chi connectivity index (χ2n) is 9.36. The lowest BCUT2D eigenvalue weighted by molar-refractivity contribution is 0.681. The molecule has 0 radical (unpaired) electrons. The Labute approximate surface area is 214 Å². The molecule has 0 heterocycles. The predicted molar refractivity (Wildman–Crippen MR) is 159 cm³/mol. The molecule has 174 valence electrons. The van der Waals surface area contributed by atoms with Gasteiger partial charge >= 0.3 is 0 Å². The van der Waals surface area contributed by atoms with E-state index < -0.39 is 7.41 Å². The lowest BCUT2D eigenvalue weighted by atomic mass is 9.94. The SMILES string of the molecule is CN(C)[P+](c1ccccc1)(c1ccccc1)c1ccc2ccccc2c1-c1cccc2ccccc12. The Balaban J connectivity index is 1.83. The number of benzene rings is 6.